The zero-order chi connectivity index (χ0) is 11.6. The first-order valence-corrected chi connectivity index (χ1v) is 4.40. The third-order valence-electron chi connectivity index (χ3n) is 1.90. The summed E-state index contributed by atoms with van der Waals surface area (Å²) in [5.74, 6) is -0.411. The maximum Gasteiger partial charge on any atom is 0.342 e. The molecule has 0 radical (unpaired) electrons. The molecule has 0 saturated heterocycles. The lowest BCUT2D eigenvalue weighted by atomic mass is 10.1. The number of carbonyl (C=O) groups is 1. The van der Waals surface area contributed by atoms with E-state index in [2.05, 4.69) is 4.74 Å². The summed E-state index contributed by atoms with van der Waals surface area (Å²) in [7, 11) is 2.64. The van der Waals surface area contributed by atoms with Gasteiger partial charge in [0, 0.05) is 5.69 Å². The number of halogens is 1. The Morgan fingerprint density at radius 2 is 2.00 bits per heavy atom. The summed E-state index contributed by atoms with van der Waals surface area (Å²) in [6.07, 6.45) is 0. The standard InChI is InChI=1S/C9H11ClN2O3/c1-14-8-4(10)3-5(11)6(7(8)12)9(13)15-2/h3H,11-12H2,1-2H3. The molecular formula is C9H11ClN2O3. The van der Waals surface area contributed by atoms with Crippen molar-refractivity contribution in [3.8, 4) is 5.75 Å². The Morgan fingerprint density at radius 3 is 2.47 bits per heavy atom. The van der Waals surface area contributed by atoms with Crippen LogP contribution in [0.15, 0.2) is 6.07 Å². The van der Waals surface area contributed by atoms with E-state index in [-0.39, 0.29) is 27.7 Å². The number of nitrogen functional groups attached to an aromatic ring is 2. The van der Waals surface area contributed by atoms with Crippen molar-refractivity contribution in [1.29, 1.82) is 0 Å². The van der Waals surface area contributed by atoms with E-state index in [1.165, 1.54) is 20.3 Å². The smallest absolute Gasteiger partial charge is 0.342 e. The predicted molar refractivity (Wildman–Crippen MR) is 58.2 cm³/mol. The van der Waals surface area contributed by atoms with Crippen LogP contribution >= 0.6 is 11.6 Å². The minimum atomic E-state index is -0.625. The van der Waals surface area contributed by atoms with Crippen LogP contribution in [0.25, 0.3) is 0 Å². The number of hydrogen-bond acceptors (Lipinski definition) is 5. The molecular weight excluding hydrogens is 220 g/mol. The van der Waals surface area contributed by atoms with E-state index in [0.29, 0.717) is 0 Å². The second-order valence-electron chi connectivity index (χ2n) is 2.76. The monoisotopic (exact) mass is 230 g/mol. The number of methoxy groups -OCH3 is 2. The van der Waals surface area contributed by atoms with Gasteiger partial charge in [0.2, 0.25) is 0 Å². The fourth-order valence-corrected chi connectivity index (χ4v) is 1.51. The lowest BCUT2D eigenvalue weighted by molar-refractivity contribution is 0.0603. The first-order valence-electron chi connectivity index (χ1n) is 4.02. The van der Waals surface area contributed by atoms with Crippen molar-refractivity contribution in [3.05, 3.63) is 16.7 Å². The van der Waals surface area contributed by atoms with Crippen LogP contribution in [0.5, 0.6) is 5.75 Å². The third kappa shape index (κ3) is 1.92. The molecule has 0 spiro atoms. The molecule has 0 atom stereocenters. The SMILES string of the molecule is COC(=O)c1c(N)cc(Cl)c(OC)c1N. The fraction of sp³-hybridized carbons (Fsp3) is 0.222. The highest BCUT2D eigenvalue weighted by Crippen LogP contribution is 2.37. The number of esters is 1. The van der Waals surface area contributed by atoms with Crippen LogP contribution < -0.4 is 16.2 Å². The summed E-state index contributed by atoms with van der Waals surface area (Å²) in [4.78, 5) is 11.4. The number of ether oxygens (including phenoxy) is 2. The summed E-state index contributed by atoms with van der Waals surface area (Å²) in [5.41, 5.74) is 11.6. The summed E-state index contributed by atoms with van der Waals surface area (Å²) in [5, 5.41) is 0.250. The molecule has 0 amide bonds. The molecule has 0 aliphatic rings. The van der Waals surface area contributed by atoms with E-state index in [9.17, 15) is 4.79 Å². The van der Waals surface area contributed by atoms with Gasteiger partial charge >= 0.3 is 5.97 Å². The van der Waals surface area contributed by atoms with Crippen molar-refractivity contribution < 1.29 is 14.3 Å². The molecule has 1 aromatic rings. The van der Waals surface area contributed by atoms with E-state index < -0.39 is 5.97 Å². The van der Waals surface area contributed by atoms with Crippen molar-refractivity contribution in [3.63, 3.8) is 0 Å². The largest absolute Gasteiger partial charge is 0.493 e. The van der Waals surface area contributed by atoms with Crippen molar-refractivity contribution in [2.24, 2.45) is 0 Å². The van der Waals surface area contributed by atoms with Crippen LogP contribution in [-0.2, 0) is 4.74 Å². The zero-order valence-corrected chi connectivity index (χ0v) is 9.09. The van der Waals surface area contributed by atoms with Crippen molar-refractivity contribution in [1.82, 2.24) is 0 Å². The average molecular weight is 231 g/mol. The van der Waals surface area contributed by atoms with E-state index >= 15 is 0 Å². The molecule has 0 aliphatic heterocycles. The van der Waals surface area contributed by atoms with E-state index in [1.54, 1.807) is 0 Å². The quantitative estimate of drug-likeness (QED) is 0.591. The van der Waals surface area contributed by atoms with Gasteiger partial charge in [0.15, 0.2) is 5.75 Å². The van der Waals surface area contributed by atoms with Gasteiger partial charge in [-0.15, -0.1) is 0 Å². The van der Waals surface area contributed by atoms with Crippen LogP contribution in [0, 0.1) is 0 Å². The molecule has 0 aromatic heterocycles. The second kappa shape index (κ2) is 4.27. The van der Waals surface area contributed by atoms with Gasteiger partial charge in [-0.2, -0.15) is 0 Å². The van der Waals surface area contributed by atoms with Crippen LogP contribution in [-0.4, -0.2) is 20.2 Å². The van der Waals surface area contributed by atoms with Gasteiger partial charge in [-0.1, -0.05) is 11.6 Å². The molecule has 6 heteroatoms. The van der Waals surface area contributed by atoms with Crippen molar-refractivity contribution >= 4 is 28.9 Å². The van der Waals surface area contributed by atoms with Crippen LogP contribution in [0.1, 0.15) is 10.4 Å². The second-order valence-corrected chi connectivity index (χ2v) is 3.17. The Kier molecular flexibility index (Phi) is 3.26. The number of hydrogen-bond donors (Lipinski definition) is 2. The number of rotatable bonds is 2. The van der Waals surface area contributed by atoms with Crippen molar-refractivity contribution in [2.75, 3.05) is 25.7 Å². The predicted octanol–water partition coefficient (Wildman–Crippen LogP) is 1.30. The molecule has 5 nitrogen and oxygen atoms in total. The molecule has 1 rings (SSSR count). The summed E-state index contributed by atoms with van der Waals surface area (Å²) in [6.45, 7) is 0. The van der Waals surface area contributed by atoms with E-state index in [4.69, 9.17) is 27.8 Å². The van der Waals surface area contributed by atoms with Gasteiger partial charge in [0.1, 0.15) is 5.56 Å². The van der Waals surface area contributed by atoms with Crippen LogP contribution in [0.4, 0.5) is 11.4 Å². The molecule has 0 saturated carbocycles. The molecule has 0 unspecified atom stereocenters. The maximum atomic E-state index is 11.4. The first-order chi connectivity index (χ1) is 7.02. The van der Waals surface area contributed by atoms with Gasteiger partial charge < -0.3 is 20.9 Å². The number of nitrogens with two attached hydrogens (primary N) is 2. The van der Waals surface area contributed by atoms with Crippen LogP contribution in [0.2, 0.25) is 5.02 Å². The molecule has 0 heterocycles. The molecule has 1 aromatic carbocycles. The van der Waals surface area contributed by atoms with Gasteiger partial charge in [0.05, 0.1) is 24.9 Å². The summed E-state index contributed by atoms with van der Waals surface area (Å²) in [6, 6.07) is 1.39. The van der Waals surface area contributed by atoms with Gasteiger partial charge in [-0.05, 0) is 6.07 Å². The number of benzene rings is 1. The van der Waals surface area contributed by atoms with E-state index in [0.717, 1.165) is 0 Å². The Balaban J connectivity index is 3.45. The minimum Gasteiger partial charge on any atom is -0.493 e. The molecule has 0 fully saturated rings. The Hall–Kier alpha value is -1.62. The van der Waals surface area contributed by atoms with Crippen LogP contribution in [0.3, 0.4) is 0 Å². The Morgan fingerprint density at radius 1 is 1.40 bits per heavy atom. The maximum absolute atomic E-state index is 11.4. The molecule has 82 valence electrons. The molecule has 15 heavy (non-hydrogen) atoms. The fourth-order valence-electron chi connectivity index (χ4n) is 1.21. The molecule has 0 bridgehead atoms. The number of anilines is 2. The Bertz CT molecular complexity index is 407. The van der Waals surface area contributed by atoms with Gasteiger partial charge in [-0.25, -0.2) is 4.79 Å². The highest BCUT2D eigenvalue weighted by atomic mass is 35.5. The highest BCUT2D eigenvalue weighted by Gasteiger charge is 2.20. The third-order valence-corrected chi connectivity index (χ3v) is 2.18. The number of carbonyl (C=O) groups excluding carboxylic acids is 1. The van der Waals surface area contributed by atoms with Gasteiger partial charge in [0.25, 0.3) is 0 Å². The first kappa shape index (κ1) is 11.5. The lowest BCUT2D eigenvalue weighted by Gasteiger charge is -2.12. The Labute approximate surface area is 91.9 Å². The lowest BCUT2D eigenvalue weighted by Crippen LogP contribution is -2.10. The normalized spacial score (nSPS) is 9.80. The minimum absolute atomic E-state index is 0.0683. The topological polar surface area (TPSA) is 87.6 Å². The van der Waals surface area contributed by atoms with E-state index in [1.807, 2.05) is 0 Å². The van der Waals surface area contributed by atoms with Crippen molar-refractivity contribution in [2.45, 2.75) is 0 Å². The summed E-state index contributed by atoms with van der Waals surface area (Å²) < 4.78 is 9.49. The molecule has 4 N–H and O–H groups in total. The molecule has 0 aliphatic carbocycles. The average Bonchev–Trinajstić information content (AvgIpc) is 2.17. The van der Waals surface area contributed by atoms with Gasteiger partial charge in [-0.3, -0.25) is 0 Å². The summed E-state index contributed by atoms with van der Waals surface area (Å²) >= 11 is 5.82. The highest BCUT2D eigenvalue weighted by molar-refractivity contribution is 6.33. The zero-order valence-electron chi connectivity index (χ0n) is 8.33.